The van der Waals surface area contributed by atoms with E-state index in [0.717, 1.165) is 0 Å². The Hall–Kier alpha value is -3.11. The van der Waals surface area contributed by atoms with Gasteiger partial charge >= 0.3 is 12.4 Å². The Kier molecular flexibility index (Phi) is 4.44. The standard InChI is InChI=1S/C15H10F6N2O3/c16-14(17,18)7-3-11(24)9(22)1-5(7)13(26)6-2-10(23)12(25)4-8(6)15(19,20)21/h1-4,24-25H,22-23H2. The molecule has 0 aliphatic heterocycles. The molecule has 2 rings (SSSR count). The highest BCUT2D eigenvalue weighted by Crippen LogP contribution is 2.41. The van der Waals surface area contributed by atoms with E-state index >= 15 is 0 Å². The Morgan fingerprint density at radius 1 is 0.731 bits per heavy atom. The summed E-state index contributed by atoms with van der Waals surface area (Å²) in [5.74, 6) is -3.66. The zero-order chi connectivity index (χ0) is 20.0. The van der Waals surface area contributed by atoms with Gasteiger partial charge in [0, 0.05) is 11.1 Å². The summed E-state index contributed by atoms with van der Waals surface area (Å²) in [5.41, 5.74) is 3.51. The molecule has 0 unspecified atom stereocenters. The van der Waals surface area contributed by atoms with Gasteiger partial charge in [0.2, 0.25) is 0 Å². The van der Waals surface area contributed by atoms with Gasteiger partial charge in [-0.1, -0.05) is 0 Å². The van der Waals surface area contributed by atoms with Crippen LogP contribution in [0.1, 0.15) is 27.0 Å². The van der Waals surface area contributed by atoms with Gasteiger partial charge in [0.05, 0.1) is 22.5 Å². The van der Waals surface area contributed by atoms with Gasteiger partial charge in [-0.3, -0.25) is 4.79 Å². The molecule has 0 saturated carbocycles. The van der Waals surface area contributed by atoms with Crippen LogP contribution in [-0.4, -0.2) is 16.0 Å². The second-order valence-electron chi connectivity index (χ2n) is 5.24. The average Bonchev–Trinajstić information content (AvgIpc) is 2.49. The highest BCUT2D eigenvalue weighted by atomic mass is 19.4. The molecule has 0 saturated heterocycles. The van der Waals surface area contributed by atoms with Crippen molar-refractivity contribution < 1.29 is 41.4 Å². The highest BCUT2D eigenvalue weighted by Gasteiger charge is 2.40. The van der Waals surface area contributed by atoms with Crippen molar-refractivity contribution in [3.8, 4) is 11.5 Å². The molecule has 0 aliphatic rings. The second kappa shape index (κ2) is 6.00. The van der Waals surface area contributed by atoms with Crippen LogP contribution >= 0.6 is 0 Å². The van der Waals surface area contributed by atoms with Crippen LogP contribution < -0.4 is 11.5 Å². The van der Waals surface area contributed by atoms with E-state index in [1.165, 1.54) is 0 Å². The summed E-state index contributed by atoms with van der Waals surface area (Å²) in [5, 5.41) is 18.7. The van der Waals surface area contributed by atoms with Gasteiger partial charge in [-0.05, 0) is 24.3 Å². The third-order valence-electron chi connectivity index (χ3n) is 3.43. The van der Waals surface area contributed by atoms with Crippen LogP contribution in [0.15, 0.2) is 24.3 Å². The van der Waals surface area contributed by atoms with E-state index in [4.69, 9.17) is 11.5 Å². The predicted molar refractivity (Wildman–Crippen MR) is 78.5 cm³/mol. The minimum Gasteiger partial charge on any atom is -0.506 e. The minimum atomic E-state index is -5.16. The van der Waals surface area contributed by atoms with Crippen molar-refractivity contribution in [2.45, 2.75) is 12.4 Å². The van der Waals surface area contributed by atoms with Crippen LogP contribution in [0.2, 0.25) is 0 Å². The summed E-state index contributed by atoms with van der Waals surface area (Å²) >= 11 is 0. The number of hydrogen-bond donors (Lipinski definition) is 4. The van der Waals surface area contributed by atoms with Crippen LogP contribution in [0.5, 0.6) is 11.5 Å². The molecule has 26 heavy (non-hydrogen) atoms. The quantitative estimate of drug-likeness (QED) is 0.276. The van der Waals surface area contributed by atoms with Crippen molar-refractivity contribution in [3.63, 3.8) is 0 Å². The van der Waals surface area contributed by atoms with Crippen molar-refractivity contribution in [2.24, 2.45) is 0 Å². The Balaban J connectivity index is 2.79. The van der Waals surface area contributed by atoms with Gasteiger partial charge in [0.15, 0.2) is 5.78 Å². The lowest BCUT2D eigenvalue weighted by Crippen LogP contribution is -2.18. The molecule has 0 aromatic heterocycles. The number of benzene rings is 2. The number of nitrogen functional groups attached to an aromatic ring is 2. The number of hydrogen-bond acceptors (Lipinski definition) is 5. The number of anilines is 2. The van der Waals surface area contributed by atoms with Crippen molar-refractivity contribution in [1.29, 1.82) is 0 Å². The van der Waals surface area contributed by atoms with E-state index in [9.17, 15) is 41.4 Å². The molecule has 6 N–H and O–H groups in total. The molecule has 11 heteroatoms. The normalized spacial score (nSPS) is 12.2. The monoisotopic (exact) mass is 380 g/mol. The van der Waals surface area contributed by atoms with Crippen molar-refractivity contribution in [2.75, 3.05) is 11.5 Å². The van der Waals surface area contributed by atoms with Gasteiger partial charge in [-0.15, -0.1) is 0 Å². The number of rotatable bonds is 2. The summed E-state index contributed by atoms with van der Waals surface area (Å²) in [7, 11) is 0. The first-order valence-electron chi connectivity index (χ1n) is 6.67. The van der Waals surface area contributed by atoms with E-state index in [2.05, 4.69) is 0 Å². The number of ketones is 1. The highest BCUT2D eigenvalue weighted by molar-refractivity contribution is 6.12. The molecule has 140 valence electrons. The number of alkyl halides is 6. The fraction of sp³-hybridized carbons (Fsp3) is 0.133. The van der Waals surface area contributed by atoms with Crippen LogP contribution in [0, 0.1) is 0 Å². The van der Waals surface area contributed by atoms with Crippen LogP contribution in [0.4, 0.5) is 37.7 Å². The van der Waals surface area contributed by atoms with E-state index in [-0.39, 0.29) is 12.1 Å². The Morgan fingerprint density at radius 2 is 1.04 bits per heavy atom. The van der Waals surface area contributed by atoms with Gasteiger partial charge in [-0.2, -0.15) is 26.3 Å². The number of carbonyl (C=O) groups excluding carboxylic acids is 1. The molecule has 0 heterocycles. The zero-order valence-electron chi connectivity index (χ0n) is 12.5. The molecular weight excluding hydrogens is 370 g/mol. The lowest BCUT2D eigenvalue weighted by Gasteiger charge is -2.17. The van der Waals surface area contributed by atoms with Crippen molar-refractivity contribution >= 4 is 17.2 Å². The molecule has 0 amide bonds. The van der Waals surface area contributed by atoms with Gasteiger partial charge < -0.3 is 21.7 Å². The molecule has 2 aromatic carbocycles. The largest absolute Gasteiger partial charge is 0.506 e. The molecule has 2 aromatic rings. The first-order chi connectivity index (χ1) is 11.7. The van der Waals surface area contributed by atoms with E-state index in [1.54, 1.807) is 0 Å². The lowest BCUT2D eigenvalue weighted by atomic mass is 9.93. The zero-order valence-corrected chi connectivity index (χ0v) is 12.5. The number of aromatic hydroxyl groups is 2. The maximum absolute atomic E-state index is 13.1. The van der Waals surface area contributed by atoms with Crippen LogP contribution in [0.25, 0.3) is 0 Å². The number of phenols is 2. The van der Waals surface area contributed by atoms with E-state index < -0.39 is 63.3 Å². The summed E-state index contributed by atoms with van der Waals surface area (Å²) in [6, 6.07) is 1.12. The second-order valence-corrected chi connectivity index (χ2v) is 5.24. The van der Waals surface area contributed by atoms with E-state index in [0.29, 0.717) is 12.1 Å². The smallest absolute Gasteiger partial charge is 0.417 e. The maximum Gasteiger partial charge on any atom is 0.417 e. The molecule has 0 bridgehead atoms. The molecule has 0 radical (unpaired) electrons. The lowest BCUT2D eigenvalue weighted by molar-refractivity contribution is -0.138. The molecule has 0 atom stereocenters. The van der Waals surface area contributed by atoms with Gasteiger partial charge in [0.1, 0.15) is 11.5 Å². The molecule has 5 nitrogen and oxygen atoms in total. The first kappa shape index (κ1) is 19.2. The Labute approximate surface area is 141 Å². The molecular formula is C15H10F6N2O3. The number of phenolic OH excluding ortho intramolecular Hbond substituents is 2. The Morgan fingerprint density at radius 3 is 1.31 bits per heavy atom. The van der Waals surface area contributed by atoms with Crippen molar-refractivity contribution in [3.05, 3.63) is 46.5 Å². The summed E-state index contributed by atoms with van der Waals surface area (Å²) in [6.45, 7) is 0. The first-order valence-corrected chi connectivity index (χ1v) is 6.67. The van der Waals surface area contributed by atoms with Crippen molar-refractivity contribution in [1.82, 2.24) is 0 Å². The third-order valence-corrected chi connectivity index (χ3v) is 3.43. The van der Waals surface area contributed by atoms with E-state index in [1.807, 2.05) is 0 Å². The topological polar surface area (TPSA) is 110 Å². The predicted octanol–water partition coefficient (Wildman–Crippen LogP) is 3.53. The number of nitrogens with two attached hydrogens (primary N) is 2. The Bertz CT molecular complexity index is 819. The average molecular weight is 380 g/mol. The summed E-state index contributed by atoms with van der Waals surface area (Å²) in [4.78, 5) is 12.4. The number of halogens is 6. The van der Waals surface area contributed by atoms with Crippen LogP contribution in [-0.2, 0) is 12.4 Å². The summed E-state index contributed by atoms with van der Waals surface area (Å²) < 4.78 is 78.7. The van der Waals surface area contributed by atoms with Crippen LogP contribution in [0.3, 0.4) is 0 Å². The fourth-order valence-electron chi connectivity index (χ4n) is 2.20. The SMILES string of the molecule is Nc1cc(C(=O)c2cc(N)c(O)cc2C(F)(F)F)c(C(F)(F)F)cc1O. The minimum absolute atomic E-state index is 0.138. The fourth-order valence-corrected chi connectivity index (χ4v) is 2.20. The number of carbonyl (C=O) groups is 1. The van der Waals surface area contributed by atoms with Gasteiger partial charge in [0.25, 0.3) is 0 Å². The third kappa shape index (κ3) is 3.46. The molecule has 0 fully saturated rings. The maximum atomic E-state index is 13.1. The molecule has 0 spiro atoms. The van der Waals surface area contributed by atoms with Gasteiger partial charge in [-0.25, -0.2) is 0 Å². The molecule has 0 aliphatic carbocycles. The summed E-state index contributed by atoms with van der Waals surface area (Å²) in [6.07, 6.45) is -10.3.